The number of anilines is 1. The summed E-state index contributed by atoms with van der Waals surface area (Å²) in [7, 11) is 0. The minimum Gasteiger partial charge on any atom is -0.465 e. The van der Waals surface area contributed by atoms with Gasteiger partial charge in [-0.25, -0.2) is 0 Å². The summed E-state index contributed by atoms with van der Waals surface area (Å²) in [5.41, 5.74) is 7.78. The Morgan fingerprint density at radius 1 is 1.28 bits per heavy atom. The minimum atomic E-state index is -0.145. The summed E-state index contributed by atoms with van der Waals surface area (Å²) >= 11 is 0. The molecule has 1 aromatic carbocycles. The minimum absolute atomic E-state index is 0.145. The molecule has 0 aliphatic rings. The van der Waals surface area contributed by atoms with Gasteiger partial charge in [-0.1, -0.05) is 6.07 Å². The molecule has 0 atom stereocenters. The lowest BCUT2D eigenvalue weighted by molar-refractivity contribution is 0.0947. The van der Waals surface area contributed by atoms with Crippen molar-refractivity contribution in [2.24, 2.45) is 0 Å². The number of rotatable bonds is 3. The zero-order valence-corrected chi connectivity index (χ0v) is 10.5. The van der Waals surface area contributed by atoms with Crippen LogP contribution in [0.25, 0.3) is 0 Å². The van der Waals surface area contributed by atoms with Crippen LogP contribution in [0.4, 0.5) is 5.69 Å². The van der Waals surface area contributed by atoms with Crippen LogP contribution in [0.2, 0.25) is 0 Å². The van der Waals surface area contributed by atoms with E-state index in [0.29, 0.717) is 17.8 Å². The highest BCUT2D eigenvalue weighted by Gasteiger charge is 2.10. The van der Waals surface area contributed by atoms with Crippen LogP contribution >= 0.6 is 0 Å². The molecular formula is C14H16N2O2. The van der Waals surface area contributed by atoms with Crippen LogP contribution in [0.5, 0.6) is 0 Å². The number of carbonyl (C=O) groups is 1. The molecule has 94 valence electrons. The van der Waals surface area contributed by atoms with Crippen LogP contribution in [0.3, 0.4) is 0 Å². The first-order valence-electron chi connectivity index (χ1n) is 5.76. The Morgan fingerprint density at radius 3 is 2.72 bits per heavy atom. The molecule has 3 N–H and O–H groups in total. The molecule has 18 heavy (non-hydrogen) atoms. The van der Waals surface area contributed by atoms with Crippen molar-refractivity contribution in [2.45, 2.75) is 20.4 Å². The zero-order chi connectivity index (χ0) is 13.1. The number of amides is 1. The number of hydrogen-bond donors (Lipinski definition) is 2. The molecule has 1 amide bonds. The molecule has 4 heteroatoms. The second-order valence-corrected chi connectivity index (χ2v) is 4.21. The summed E-state index contributed by atoms with van der Waals surface area (Å²) in [5, 5.41) is 2.81. The Hall–Kier alpha value is -2.23. The standard InChI is InChI=1S/C14H16N2O2/c1-9-6-7-11(18-9)8-16-14(17)12-4-3-5-13(15)10(12)2/h3-7H,8,15H2,1-2H3,(H,16,17). The summed E-state index contributed by atoms with van der Waals surface area (Å²) < 4.78 is 5.38. The smallest absolute Gasteiger partial charge is 0.252 e. The molecule has 0 aliphatic carbocycles. The van der Waals surface area contributed by atoms with Gasteiger partial charge in [0.25, 0.3) is 5.91 Å². The third-order valence-electron chi connectivity index (χ3n) is 2.84. The van der Waals surface area contributed by atoms with Gasteiger partial charge in [-0.05, 0) is 43.7 Å². The highest BCUT2D eigenvalue weighted by molar-refractivity contribution is 5.96. The lowest BCUT2D eigenvalue weighted by Gasteiger charge is -2.08. The molecule has 1 heterocycles. The number of hydrogen-bond acceptors (Lipinski definition) is 3. The number of benzene rings is 1. The monoisotopic (exact) mass is 244 g/mol. The lowest BCUT2D eigenvalue weighted by atomic mass is 10.1. The van der Waals surface area contributed by atoms with Gasteiger partial charge in [-0.2, -0.15) is 0 Å². The Balaban J connectivity index is 2.06. The zero-order valence-electron chi connectivity index (χ0n) is 10.5. The number of aryl methyl sites for hydroxylation is 1. The van der Waals surface area contributed by atoms with E-state index in [9.17, 15) is 4.79 Å². The molecule has 0 aliphatic heterocycles. The van der Waals surface area contributed by atoms with Crippen molar-refractivity contribution >= 4 is 11.6 Å². The third kappa shape index (κ3) is 2.53. The van der Waals surface area contributed by atoms with Gasteiger partial charge in [0.05, 0.1) is 6.54 Å². The number of nitrogens with two attached hydrogens (primary N) is 1. The largest absolute Gasteiger partial charge is 0.465 e. The fourth-order valence-corrected chi connectivity index (χ4v) is 1.74. The van der Waals surface area contributed by atoms with Crippen LogP contribution in [0.1, 0.15) is 27.4 Å². The van der Waals surface area contributed by atoms with Gasteiger partial charge in [0, 0.05) is 11.3 Å². The molecule has 4 nitrogen and oxygen atoms in total. The average Bonchev–Trinajstić information content (AvgIpc) is 2.76. The fourth-order valence-electron chi connectivity index (χ4n) is 1.74. The molecule has 0 fully saturated rings. The summed E-state index contributed by atoms with van der Waals surface area (Å²) in [6.45, 7) is 4.08. The second kappa shape index (κ2) is 4.96. The molecule has 0 unspecified atom stereocenters. The van der Waals surface area contributed by atoms with Gasteiger partial charge in [0.2, 0.25) is 0 Å². The predicted octanol–water partition coefficient (Wildman–Crippen LogP) is 2.41. The fraction of sp³-hybridized carbons (Fsp3) is 0.214. The van der Waals surface area contributed by atoms with Crippen molar-refractivity contribution in [1.82, 2.24) is 5.32 Å². The first-order valence-corrected chi connectivity index (χ1v) is 5.76. The summed E-state index contributed by atoms with van der Waals surface area (Å²) in [6, 6.07) is 9.03. The summed E-state index contributed by atoms with van der Waals surface area (Å²) in [6.07, 6.45) is 0. The van der Waals surface area contributed by atoms with Crippen molar-refractivity contribution in [1.29, 1.82) is 0 Å². The van der Waals surface area contributed by atoms with Crippen LogP contribution in [-0.4, -0.2) is 5.91 Å². The van der Waals surface area contributed by atoms with Gasteiger partial charge in [-0.15, -0.1) is 0 Å². The van der Waals surface area contributed by atoms with Crippen molar-refractivity contribution in [3.8, 4) is 0 Å². The van der Waals surface area contributed by atoms with E-state index in [0.717, 1.165) is 17.1 Å². The normalized spacial score (nSPS) is 10.3. The Morgan fingerprint density at radius 2 is 2.06 bits per heavy atom. The van der Waals surface area contributed by atoms with Crippen LogP contribution in [-0.2, 0) is 6.54 Å². The van der Waals surface area contributed by atoms with Crippen molar-refractivity contribution < 1.29 is 9.21 Å². The van der Waals surface area contributed by atoms with Crippen molar-refractivity contribution in [3.05, 3.63) is 53.0 Å². The Kier molecular flexibility index (Phi) is 3.37. The highest BCUT2D eigenvalue weighted by Crippen LogP contribution is 2.15. The molecule has 1 aromatic heterocycles. The first-order chi connectivity index (χ1) is 8.58. The summed E-state index contributed by atoms with van der Waals surface area (Å²) in [5.74, 6) is 1.43. The SMILES string of the molecule is Cc1ccc(CNC(=O)c2cccc(N)c2C)o1. The molecule has 0 saturated heterocycles. The number of nitrogens with one attached hydrogen (secondary N) is 1. The Labute approximate surface area is 106 Å². The third-order valence-corrected chi connectivity index (χ3v) is 2.84. The van der Waals surface area contributed by atoms with Crippen LogP contribution in [0.15, 0.2) is 34.7 Å². The van der Waals surface area contributed by atoms with E-state index in [1.165, 1.54) is 0 Å². The van der Waals surface area contributed by atoms with Gasteiger partial charge >= 0.3 is 0 Å². The number of carbonyl (C=O) groups excluding carboxylic acids is 1. The van der Waals surface area contributed by atoms with E-state index in [1.807, 2.05) is 26.0 Å². The number of furan rings is 1. The maximum atomic E-state index is 12.0. The summed E-state index contributed by atoms with van der Waals surface area (Å²) in [4.78, 5) is 12.0. The molecule has 0 bridgehead atoms. The molecular weight excluding hydrogens is 228 g/mol. The van der Waals surface area contributed by atoms with Gasteiger partial charge in [0.1, 0.15) is 11.5 Å². The van der Waals surface area contributed by atoms with E-state index in [2.05, 4.69) is 5.32 Å². The van der Waals surface area contributed by atoms with E-state index in [1.54, 1.807) is 18.2 Å². The second-order valence-electron chi connectivity index (χ2n) is 4.21. The van der Waals surface area contributed by atoms with E-state index in [4.69, 9.17) is 10.2 Å². The lowest BCUT2D eigenvalue weighted by Crippen LogP contribution is -2.23. The molecule has 2 aromatic rings. The predicted molar refractivity (Wildman–Crippen MR) is 70.2 cm³/mol. The Bertz CT molecular complexity index is 573. The molecule has 0 radical (unpaired) electrons. The van der Waals surface area contributed by atoms with Gasteiger partial charge < -0.3 is 15.5 Å². The number of nitrogen functional groups attached to an aromatic ring is 1. The first kappa shape index (κ1) is 12.2. The van der Waals surface area contributed by atoms with Gasteiger partial charge in [0.15, 0.2) is 0 Å². The molecule has 0 spiro atoms. The van der Waals surface area contributed by atoms with Crippen molar-refractivity contribution in [2.75, 3.05) is 5.73 Å². The highest BCUT2D eigenvalue weighted by atomic mass is 16.3. The van der Waals surface area contributed by atoms with Crippen LogP contribution in [0, 0.1) is 13.8 Å². The van der Waals surface area contributed by atoms with Crippen LogP contribution < -0.4 is 11.1 Å². The quantitative estimate of drug-likeness (QED) is 0.815. The topological polar surface area (TPSA) is 68.3 Å². The van der Waals surface area contributed by atoms with E-state index >= 15 is 0 Å². The van der Waals surface area contributed by atoms with E-state index < -0.39 is 0 Å². The molecule has 2 rings (SSSR count). The maximum absolute atomic E-state index is 12.0. The van der Waals surface area contributed by atoms with Gasteiger partial charge in [-0.3, -0.25) is 4.79 Å². The average molecular weight is 244 g/mol. The molecule has 0 saturated carbocycles. The van der Waals surface area contributed by atoms with Crippen molar-refractivity contribution in [3.63, 3.8) is 0 Å². The maximum Gasteiger partial charge on any atom is 0.252 e. The van der Waals surface area contributed by atoms with E-state index in [-0.39, 0.29) is 5.91 Å².